The van der Waals surface area contributed by atoms with Gasteiger partial charge in [0, 0.05) is 30.3 Å². The molecule has 0 amide bonds. The van der Waals surface area contributed by atoms with Gasteiger partial charge in [-0.05, 0) is 31.9 Å². The van der Waals surface area contributed by atoms with Gasteiger partial charge in [-0.25, -0.2) is 9.97 Å². The van der Waals surface area contributed by atoms with Gasteiger partial charge in [-0.1, -0.05) is 6.07 Å². The highest BCUT2D eigenvalue weighted by Crippen LogP contribution is 2.39. The van der Waals surface area contributed by atoms with Crippen molar-refractivity contribution in [1.82, 2.24) is 9.97 Å². The summed E-state index contributed by atoms with van der Waals surface area (Å²) in [5.74, 6) is 4.00. The second-order valence-electron chi connectivity index (χ2n) is 5.29. The van der Waals surface area contributed by atoms with Crippen molar-refractivity contribution in [1.29, 1.82) is 0 Å². The van der Waals surface area contributed by atoms with Gasteiger partial charge >= 0.3 is 0 Å². The van der Waals surface area contributed by atoms with Gasteiger partial charge in [0.05, 0.1) is 7.11 Å². The van der Waals surface area contributed by atoms with Crippen LogP contribution in [0.2, 0.25) is 0 Å². The lowest BCUT2D eigenvalue weighted by Crippen LogP contribution is -2.06. The SMILES string of the molecule is CNc1nc(C2CC2)nc(Nc2cccc(OC)c2)c1C. The Morgan fingerprint density at radius 1 is 1.19 bits per heavy atom. The Labute approximate surface area is 124 Å². The molecule has 0 unspecified atom stereocenters. The minimum Gasteiger partial charge on any atom is -0.497 e. The summed E-state index contributed by atoms with van der Waals surface area (Å²) < 4.78 is 5.25. The smallest absolute Gasteiger partial charge is 0.139 e. The number of anilines is 3. The molecule has 1 fully saturated rings. The van der Waals surface area contributed by atoms with E-state index in [0.29, 0.717) is 5.92 Å². The van der Waals surface area contributed by atoms with Crippen molar-refractivity contribution < 1.29 is 4.74 Å². The van der Waals surface area contributed by atoms with Crippen LogP contribution < -0.4 is 15.4 Å². The molecule has 0 saturated heterocycles. The Hall–Kier alpha value is -2.30. The molecule has 1 aromatic heterocycles. The predicted octanol–water partition coefficient (Wildman–Crippen LogP) is 3.46. The topological polar surface area (TPSA) is 59.1 Å². The summed E-state index contributed by atoms with van der Waals surface area (Å²) in [6, 6.07) is 7.84. The average Bonchev–Trinajstić information content (AvgIpc) is 3.34. The molecule has 21 heavy (non-hydrogen) atoms. The van der Waals surface area contributed by atoms with Crippen LogP contribution in [0.15, 0.2) is 24.3 Å². The highest BCUT2D eigenvalue weighted by Gasteiger charge is 2.28. The molecule has 5 heteroatoms. The molecule has 0 radical (unpaired) electrons. The van der Waals surface area contributed by atoms with Crippen LogP contribution in [0.3, 0.4) is 0 Å². The maximum absolute atomic E-state index is 5.25. The Morgan fingerprint density at radius 2 is 1.95 bits per heavy atom. The van der Waals surface area contributed by atoms with E-state index in [1.807, 2.05) is 38.2 Å². The zero-order valence-corrected chi connectivity index (χ0v) is 12.6. The summed E-state index contributed by atoms with van der Waals surface area (Å²) >= 11 is 0. The molecule has 1 aliphatic carbocycles. The van der Waals surface area contributed by atoms with E-state index >= 15 is 0 Å². The zero-order chi connectivity index (χ0) is 14.8. The van der Waals surface area contributed by atoms with E-state index in [-0.39, 0.29) is 0 Å². The fraction of sp³-hybridized carbons (Fsp3) is 0.375. The van der Waals surface area contributed by atoms with Crippen LogP contribution in [0.4, 0.5) is 17.3 Å². The lowest BCUT2D eigenvalue weighted by Gasteiger charge is -2.14. The van der Waals surface area contributed by atoms with E-state index in [0.717, 1.165) is 34.5 Å². The van der Waals surface area contributed by atoms with Crippen LogP contribution in [-0.2, 0) is 0 Å². The van der Waals surface area contributed by atoms with Gasteiger partial charge in [0.1, 0.15) is 23.2 Å². The molecule has 5 nitrogen and oxygen atoms in total. The molecule has 0 bridgehead atoms. The first-order chi connectivity index (χ1) is 10.2. The van der Waals surface area contributed by atoms with E-state index in [1.165, 1.54) is 12.8 Å². The fourth-order valence-electron chi connectivity index (χ4n) is 2.26. The summed E-state index contributed by atoms with van der Waals surface area (Å²) in [6.45, 7) is 2.02. The number of benzene rings is 1. The van der Waals surface area contributed by atoms with Crippen molar-refractivity contribution in [3.63, 3.8) is 0 Å². The van der Waals surface area contributed by atoms with Gasteiger partial charge in [-0.3, -0.25) is 0 Å². The molecule has 2 aromatic rings. The number of hydrogen-bond acceptors (Lipinski definition) is 5. The van der Waals surface area contributed by atoms with Crippen molar-refractivity contribution in [2.24, 2.45) is 0 Å². The van der Waals surface area contributed by atoms with E-state index in [2.05, 4.69) is 15.6 Å². The van der Waals surface area contributed by atoms with Crippen molar-refractivity contribution >= 4 is 17.3 Å². The molecule has 3 rings (SSSR count). The third-order valence-corrected chi connectivity index (χ3v) is 3.67. The third kappa shape index (κ3) is 2.91. The lowest BCUT2D eigenvalue weighted by molar-refractivity contribution is 0.415. The van der Waals surface area contributed by atoms with Crippen LogP contribution in [0, 0.1) is 6.92 Å². The third-order valence-electron chi connectivity index (χ3n) is 3.67. The van der Waals surface area contributed by atoms with Gasteiger partial charge in [0.2, 0.25) is 0 Å². The molecule has 1 aliphatic rings. The van der Waals surface area contributed by atoms with Crippen LogP contribution in [0.1, 0.15) is 30.1 Å². The number of methoxy groups -OCH3 is 1. The monoisotopic (exact) mass is 284 g/mol. The first-order valence-corrected chi connectivity index (χ1v) is 7.18. The molecule has 0 aliphatic heterocycles. The second-order valence-corrected chi connectivity index (χ2v) is 5.29. The van der Waals surface area contributed by atoms with E-state index in [9.17, 15) is 0 Å². The zero-order valence-electron chi connectivity index (χ0n) is 12.6. The molecule has 0 spiro atoms. The highest BCUT2D eigenvalue weighted by molar-refractivity contribution is 5.65. The van der Waals surface area contributed by atoms with Gasteiger partial charge in [0.25, 0.3) is 0 Å². The lowest BCUT2D eigenvalue weighted by atomic mass is 10.2. The average molecular weight is 284 g/mol. The molecule has 110 valence electrons. The molecule has 1 aromatic carbocycles. The summed E-state index contributed by atoms with van der Waals surface area (Å²) in [7, 11) is 3.56. The number of aromatic nitrogens is 2. The summed E-state index contributed by atoms with van der Waals surface area (Å²) in [5.41, 5.74) is 1.98. The Balaban J connectivity index is 1.94. The number of rotatable bonds is 5. The normalized spacial score (nSPS) is 13.9. The van der Waals surface area contributed by atoms with E-state index < -0.39 is 0 Å². The number of nitrogens with zero attached hydrogens (tertiary/aromatic N) is 2. The summed E-state index contributed by atoms with van der Waals surface area (Å²) in [4.78, 5) is 9.29. The van der Waals surface area contributed by atoms with Crippen LogP contribution in [0.25, 0.3) is 0 Å². The molecular formula is C16H20N4O. The number of hydrogen-bond donors (Lipinski definition) is 2. The van der Waals surface area contributed by atoms with Crippen molar-refractivity contribution in [3.05, 3.63) is 35.7 Å². The second kappa shape index (κ2) is 5.60. The van der Waals surface area contributed by atoms with E-state index in [4.69, 9.17) is 9.72 Å². The van der Waals surface area contributed by atoms with Crippen LogP contribution in [-0.4, -0.2) is 24.1 Å². The minimum atomic E-state index is 0.517. The molecule has 1 saturated carbocycles. The Morgan fingerprint density at radius 3 is 2.62 bits per heavy atom. The van der Waals surface area contributed by atoms with Crippen molar-refractivity contribution in [3.8, 4) is 5.75 Å². The van der Waals surface area contributed by atoms with Gasteiger partial charge in [-0.15, -0.1) is 0 Å². The number of nitrogens with one attached hydrogen (secondary N) is 2. The highest BCUT2D eigenvalue weighted by atomic mass is 16.5. The van der Waals surface area contributed by atoms with Crippen LogP contribution >= 0.6 is 0 Å². The Kier molecular flexibility index (Phi) is 3.64. The predicted molar refractivity (Wildman–Crippen MR) is 84.6 cm³/mol. The fourth-order valence-corrected chi connectivity index (χ4v) is 2.26. The first-order valence-electron chi connectivity index (χ1n) is 7.18. The quantitative estimate of drug-likeness (QED) is 0.880. The molecular weight excluding hydrogens is 264 g/mol. The van der Waals surface area contributed by atoms with Gasteiger partial charge in [0.15, 0.2) is 0 Å². The Bertz CT molecular complexity index is 653. The van der Waals surface area contributed by atoms with E-state index in [1.54, 1.807) is 7.11 Å². The minimum absolute atomic E-state index is 0.517. The first kappa shape index (κ1) is 13.7. The van der Waals surface area contributed by atoms with Gasteiger partial charge in [-0.2, -0.15) is 0 Å². The number of ether oxygens (including phenoxy) is 1. The van der Waals surface area contributed by atoms with Crippen LogP contribution in [0.5, 0.6) is 5.75 Å². The maximum atomic E-state index is 5.25. The largest absolute Gasteiger partial charge is 0.497 e. The molecule has 1 heterocycles. The van der Waals surface area contributed by atoms with Crippen molar-refractivity contribution in [2.45, 2.75) is 25.7 Å². The summed E-state index contributed by atoms with van der Waals surface area (Å²) in [6.07, 6.45) is 2.37. The molecule has 2 N–H and O–H groups in total. The van der Waals surface area contributed by atoms with Gasteiger partial charge < -0.3 is 15.4 Å². The maximum Gasteiger partial charge on any atom is 0.139 e. The summed E-state index contributed by atoms with van der Waals surface area (Å²) in [5, 5.41) is 6.52. The molecule has 0 atom stereocenters. The van der Waals surface area contributed by atoms with Crippen molar-refractivity contribution in [2.75, 3.05) is 24.8 Å². The standard InChI is InChI=1S/C16H20N4O/c1-10-14(17-2)19-16(11-7-8-11)20-15(10)18-12-5-4-6-13(9-12)21-3/h4-6,9,11H,7-8H2,1-3H3,(H2,17,18,19,20).